The highest BCUT2D eigenvalue weighted by Gasteiger charge is 2.26. The molecule has 0 aliphatic carbocycles. The van der Waals surface area contributed by atoms with Crippen LogP contribution in [0.3, 0.4) is 0 Å². The summed E-state index contributed by atoms with van der Waals surface area (Å²) in [6.45, 7) is 0. The molecule has 0 aliphatic rings. The molecule has 3 N–H and O–H groups in total. The summed E-state index contributed by atoms with van der Waals surface area (Å²) in [5.74, 6) is -2.36. The van der Waals surface area contributed by atoms with Gasteiger partial charge in [-0.25, -0.2) is 13.8 Å². The van der Waals surface area contributed by atoms with Crippen LogP contribution in [0.5, 0.6) is 11.5 Å². The molecule has 25 heavy (non-hydrogen) atoms. The first-order valence-corrected chi connectivity index (χ1v) is 7.36. The van der Waals surface area contributed by atoms with E-state index in [4.69, 9.17) is 14.9 Å². The van der Waals surface area contributed by atoms with Gasteiger partial charge in [0.1, 0.15) is 5.65 Å². The van der Waals surface area contributed by atoms with Crippen molar-refractivity contribution in [2.45, 2.75) is 0 Å². The van der Waals surface area contributed by atoms with Gasteiger partial charge in [-0.1, -0.05) is 0 Å². The van der Waals surface area contributed by atoms with E-state index in [1.54, 1.807) is 19.3 Å². The van der Waals surface area contributed by atoms with Crippen molar-refractivity contribution >= 4 is 22.4 Å². The molecule has 2 heterocycles. The SMILES string of the molecule is CNc1c(C(=N)c2c(F)c(OC)cc(OC)c2F)cnc2[nH]ccc12. The molecule has 0 aliphatic heterocycles. The number of aromatic amines is 1. The predicted octanol–water partition coefficient (Wildman–Crippen LogP) is 3.32. The first-order chi connectivity index (χ1) is 12.0. The van der Waals surface area contributed by atoms with Crippen LogP contribution in [-0.4, -0.2) is 36.9 Å². The Kier molecular flexibility index (Phi) is 4.26. The summed E-state index contributed by atoms with van der Waals surface area (Å²) >= 11 is 0. The molecule has 130 valence electrons. The van der Waals surface area contributed by atoms with E-state index in [1.165, 1.54) is 20.4 Å². The molecule has 3 aromatic rings. The number of halogens is 2. The van der Waals surface area contributed by atoms with E-state index in [-0.39, 0.29) is 22.8 Å². The molecule has 0 spiro atoms. The van der Waals surface area contributed by atoms with Gasteiger partial charge < -0.3 is 19.8 Å². The van der Waals surface area contributed by atoms with Gasteiger partial charge in [0.2, 0.25) is 0 Å². The second kappa shape index (κ2) is 6.39. The maximum absolute atomic E-state index is 14.7. The molecule has 8 heteroatoms. The molecular weight excluding hydrogens is 330 g/mol. The van der Waals surface area contributed by atoms with Crippen LogP contribution in [0, 0.1) is 17.0 Å². The Labute approximate surface area is 142 Å². The molecule has 0 bridgehead atoms. The van der Waals surface area contributed by atoms with Crippen LogP contribution in [-0.2, 0) is 0 Å². The molecule has 1 aromatic carbocycles. The minimum Gasteiger partial charge on any atom is -0.494 e. The summed E-state index contributed by atoms with van der Waals surface area (Å²) < 4.78 is 39.2. The lowest BCUT2D eigenvalue weighted by Crippen LogP contribution is -2.13. The quantitative estimate of drug-likeness (QED) is 0.619. The van der Waals surface area contributed by atoms with Crippen molar-refractivity contribution in [3.8, 4) is 11.5 Å². The van der Waals surface area contributed by atoms with Crippen LogP contribution >= 0.6 is 0 Å². The number of hydrogen-bond donors (Lipinski definition) is 3. The van der Waals surface area contributed by atoms with Gasteiger partial charge in [0.15, 0.2) is 23.1 Å². The van der Waals surface area contributed by atoms with Crippen molar-refractivity contribution in [3.63, 3.8) is 0 Å². The van der Waals surface area contributed by atoms with Crippen LogP contribution < -0.4 is 14.8 Å². The Balaban J connectivity index is 2.26. The average Bonchev–Trinajstić information content (AvgIpc) is 3.09. The number of aromatic nitrogens is 2. The smallest absolute Gasteiger partial charge is 0.177 e. The normalized spacial score (nSPS) is 10.8. The lowest BCUT2D eigenvalue weighted by molar-refractivity contribution is 0.357. The number of anilines is 1. The van der Waals surface area contributed by atoms with Gasteiger partial charge in [0.05, 0.1) is 31.2 Å². The van der Waals surface area contributed by atoms with Crippen LogP contribution in [0.2, 0.25) is 0 Å². The molecule has 0 unspecified atom stereocenters. The lowest BCUT2D eigenvalue weighted by Gasteiger charge is -2.15. The number of H-pyrrole nitrogens is 1. The summed E-state index contributed by atoms with van der Waals surface area (Å²) in [6, 6.07) is 2.87. The summed E-state index contributed by atoms with van der Waals surface area (Å²) in [5.41, 5.74) is 0.487. The van der Waals surface area contributed by atoms with Gasteiger partial charge in [-0.2, -0.15) is 0 Å². The standard InChI is InChI=1S/C17H16F2N4O2/c1-21-16-8-4-5-22-17(8)23-7-9(16)15(20)12-13(18)10(24-2)6-11(25-3)14(12)19/h4-7,20H,1-3H3,(H2,21,22,23). The van der Waals surface area contributed by atoms with Gasteiger partial charge in [-0.15, -0.1) is 0 Å². The van der Waals surface area contributed by atoms with Crippen LogP contribution in [0.1, 0.15) is 11.1 Å². The van der Waals surface area contributed by atoms with Crippen molar-refractivity contribution in [2.75, 3.05) is 26.6 Å². The topological polar surface area (TPSA) is 83.0 Å². The number of pyridine rings is 1. The maximum Gasteiger partial charge on any atom is 0.177 e. The van der Waals surface area contributed by atoms with E-state index in [2.05, 4.69) is 15.3 Å². The fourth-order valence-corrected chi connectivity index (χ4v) is 2.71. The first kappa shape index (κ1) is 16.7. The van der Waals surface area contributed by atoms with Crippen molar-refractivity contribution in [2.24, 2.45) is 0 Å². The maximum atomic E-state index is 14.7. The Morgan fingerprint density at radius 1 is 1.20 bits per heavy atom. The van der Waals surface area contributed by atoms with Crippen molar-refractivity contribution in [1.29, 1.82) is 5.41 Å². The first-order valence-electron chi connectivity index (χ1n) is 7.36. The lowest BCUT2D eigenvalue weighted by atomic mass is 9.99. The van der Waals surface area contributed by atoms with E-state index >= 15 is 0 Å². The summed E-state index contributed by atoms with van der Waals surface area (Å²) in [4.78, 5) is 7.15. The Hall–Kier alpha value is -3.16. The zero-order chi connectivity index (χ0) is 18.1. The number of nitrogens with one attached hydrogen (secondary N) is 3. The fourth-order valence-electron chi connectivity index (χ4n) is 2.71. The van der Waals surface area contributed by atoms with Gasteiger partial charge in [0.25, 0.3) is 0 Å². The minimum atomic E-state index is -0.970. The zero-order valence-electron chi connectivity index (χ0n) is 13.8. The van der Waals surface area contributed by atoms with E-state index in [0.29, 0.717) is 16.7 Å². The summed E-state index contributed by atoms with van der Waals surface area (Å²) in [6.07, 6.45) is 3.08. The fraction of sp³-hybridized carbons (Fsp3) is 0.176. The van der Waals surface area contributed by atoms with Crippen molar-refractivity contribution < 1.29 is 18.3 Å². The summed E-state index contributed by atoms with van der Waals surface area (Å²) in [7, 11) is 4.18. The molecular formula is C17H16F2N4O2. The molecule has 0 saturated carbocycles. The third-order valence-corrected chi connectivity index (χ3v) is 3.93. The van der Waals surface area contributed by atoms with E-state index < -0.39 is 17.2 Å². The number of fused-ring (bicyclic) bond motifs is 1. The van der Waals surface area contributed by atoms with Crippen molar-refractivity contribution in [1.82, 2.24) is 9.97 Å². The van der Waals surface area contributed by atoms with Gasteiger partial charge in [-0.3, -0.25) is 5.41 Å². The van der Waals surface area contributed by atoms with E-state index in [0.717, 1.165) is 6.07 Å². The van der Waals surface area contributed by atoms with Gasteiger partial charge >= 0.3 is 0 Å². The molecule has 0 amide bonds. The third kappa shape index (κ3) is 2.55. The van der Waals surface area contributed by atoms with Gasteiger partial charge in [-0.05, 0) is 6.07 Å². The molecule has 0 radical (unpaired) electrons. The Morgan fingerprint density at radius 3 is 2.40 bits per heavy atom. The zero-order valence-corrected chi connectivity index (χ0v) is 13.8. The number of rotatable bonds is 5. The highest BCUT2D eigenvalue weighted by Crippen LogP contribution is 2.34. The monoisotopic (exact) mass is 346 g/mol. The third-order valence-electron chi connectivity index (χ3n) is 3.93. The molecule has 2 aromatic heterocycles. The second-order valence-corrected chi connectivity index (χ2v) is 5.20. The molecule has 0 fully saturated rings. The second-order valence-electron chi connectivity index (χ2n) is 5.20. The molecule has 0 saturated heterocycles. The molecule has 3 rings (SSSR count). The number of nitrogens with zero attached hydrogens (tertiary/aromatic N) is 1. The highest BCUT2D eigenvalue weighted by atomic mass is 19.1. The number of ether oxygens (including phenoxy) is 2. The highest BCUT2D eigenvalue weighted by molar-refractivity contribution is 6.17. The molecule has 6 nitrogen and oxygen atoms in total. The minimum absolute atomic E-state index is 0.209. The van der Waals surface area contributed by atoms with Crippen LogP contribution in [0.25, 0.3) is 11.0 Å². The number of hydrogen-bond acceptors (Lipinski definition) is 5. The van der Waals surface area contributed by atoms with E-state index in [1.807, 2.05) is 0 Å². The largest absolute Gasteiger partial charge is 0.494 e. The van der Waals surface area contributed by atoms with Crippen LogP contribution in [0.4, 0.5) is 14.5 Å². The number of benzene rings is 1. The average molecular weight is 346 g/mol. The number of methoxy groups -OCH3 is 2. The van der Waals surface area contributed by atoms with Gasteiger partial charge in [0, 0.05) is 36.5 Å². The van der Waals surface area contributed by atoms with Crippen LogP contribution in [0.15, 0.2) is 24.5 Å². The summed E-state index contributed by atoms with van der Waals surface area (Å²) in [5, 5.41) is 12.1. The Bertz CT molecular complexity index is 941. The predicted molar refractivity (Wildman–Crippen MR) is 91.0 cm³/mol. The van der Waals surface area contributed by atoms with Crippen molar-refractivity contribution in [3.05, 3.63) is 47.3 Å². The van der Waals surface area contributed by atoms with E-state index in [9.17, 15) is 8.78 Å². The molecule has 0 atom stereocenters. The Morgan fingerprint density at radius 2 is 1.84 bits per heavy atom.